The normalized spacial score (nSPS) is 20.1. The number of nitrogens with zero attached hydrogens (tertiary/aromatic N) is 3. The van der Waals surface area contributed by atoms with Crippen LogP contribution < -0.4 is 0 Å². The van der Waals surface area contributed by atoms with Crippen LogP contribution in [-0.4, -0.2) is 47.0 Å². The van der Waals surface area contributed by atoms with Gasteiger partial charge < -0.3 is 4.74 Å². The van der Waals surface area contributed by atoms with E-state index in [4.69, 9.17) is 4.74 Å². The smallest absolute Gasteiger partial charge is 0.0898 e. The molecular weight excluding hydrogens is 262 g/mol. The first-order valence-electron chi connectivity index (χ1n) is 7.43. The lowest BCUT2D eigenvalue weighted by molar-refractivity contribution is -0.0337. The fourth-order valence-corrected chi connectivity index (χ4v) is 2.58. The Balaban J connectivity index is 1.48. The van der Waals surface area contributed by atoms with E-state index in [-0.39, 0.29) is 6.10 Å². The van der Waals surface area contributed by atoms with Gasteiger partial charge in [-0.1, -0.05) is 42.5 Å². The summed E-state index contributed by atoms with van der Waals surface area (Å²) in [5, 5.41) is 4.24. The molecule has 1 aliphatic rings. The average molecular weight is 283 g/mol. The van der Waals surface area contributed by atoms with Crippen LogP contribution in [0.25, 0.3) is 6.08 Å². The van der Waals surface area contributed by atoms with Crippen LogP contribution >= 0.6 is 0 Å². The van der Waals surface area contributed by atoms with E-state index in [0.29, 0.717) is 0 Å². The molecule has 1 aromatic carbocycles. The van der Waals surface area contributed by atoms with E-state index in [9.17, 15) is 0 Å². The average Bonchev–Trinajstić information content (AvgIpc) is 3.02. The quantitative estimate of drug-likeness (QED) is 0.843. The molecule has 2 aromatic rings. The topological polar surface area (TPSA) is 30.3 Å². The molecule has 1 saturated heterocycles. The largest absolute Gasteiger partial charge is 0.374 e. The van der Waals surface area contributed by atoms with Gasteiger partial charge in [0.1, 0.15) is 0 Å². The van der Waals surface area contributed by atoms with Crippen LogP contribution in [0, 0.1) is 0 Å². The van der Waals surface area contributed by atoms with Gasteiger partial charge >= 0.3 is 0 Å². The minimum Gasteiger partial charge on any atom is -0.374 e. The zero-order valence-corrected chi connectivity index (χ0v) is 12.1. The van der Waals surface area contributed by atoms with Crippen LogP contribution in [0.3, 0.4) is 0 Å². The monoisotopic (exact) mass is 283 g/mol. The highest BCUT2D eigenvalue weighted by atomic mass is 16.5. The molecule has 0 aliphatic carbocycles. The lowest BCUT2D eigenvalue weighted by atomic mass is 10.2. The van der Waals surface area contributed by atoms with Gasteiger partial charge in [-0.3, -0.25) is 9.58 Å². The Morgan fingerprint density at radius 2 is 2.14 bits per heavy atom. The highest BCUT2D eigenvalue weighted by molar-refractivity contribution is 5.48. The molecule has 2 heterocycles. The molecule has 0 amide bonds. The maximum Gasteiger partial charge on any atom is 0.0898 e. The van der Waals surface area contributed by atoms with Crippen LogP contribution in [0.5, 0.6) is 0 Å². The third-order valence-corrected chi connectivity index (χ3v) is 3.65. The summed E-state index contributed by atoms with van der Waals surface area (Å²) in [6.07, 6.45) is 8.42. The second kappa shape index (κ2) is 7.20. The fraction of sp³-hybridized carbons (Fsp3) is 0.353. The van der Waals surface area contributed by atoms with E-state index in [1.54, 1.807) is 0 Å². The molecule has 1 aromatic heterocycles. The van der Waals surface area contributed by atoms with Crippen molar-refractivity contribution in [1.82, 2.24) is 14.7 Å². The van der Waals surface area contributed by atoms with Gasteiger partial charge in [0.05, 0.1) is 19.3 Å². The number of hydrogen-bond acceptors (Lipinski definition) is 3. The van der Waals surface area contributed by atoms with Crippen LogP contribution in [0.15, 0.2) is 54.9 Å². The van der Waals surface area contributed by atoms with Crippen LogP contribution in [0.1, 0.15) is 5.56 Å². The molecule has 0 N–H and O–H groups in total. The summed E-state index contributed by atoms with van der Waals surface area (Å²) < 4.78 is 7.76. The van der Waals surface area contributed by atoms with E-state index < -0.39 is 0 Å². The summed E-state index contributed by atoms with van der Waals surface area (Å²) >= 11 is 0. The van der Waals surface area contributed by atoms with Crippen molar-refractivity contribution < 1.29 is 4.74 Å². The van der Waals surface area contributed by atoms with Crippen LogP contribution in [-0.2, 0) is 11.3 Å². The van der Waals surface area contributed by atoms with Crippen molar-refractivity contribution in [1.29, 1.82) is 0 Å². The van der Waals surface area contributed by atoms with Crippen molar-refractivity contribution in [3.63, 3.8) is 0 Å². The molecule has 4 nitrogen and oxygen atoms in total. The molecule has 4 heteroatoms. The lowest BCUT2D eigenvalue weighted by Gasteiger charge is -2.32. The lowest BCUT2D eigenvalue weighted by Crippen LogP contribution is -2.44. The molecule has 0 bridgehead atoms. The Labute approximate surface area is 125 Å². The van der Waals surface area contributed by atoms with Gasteiger partial charge in [0.25, 0.3) is 0 Å². The summed E-state index contributed by atoms with van der Waals surface area (Å²) in [5.41, 5.74) is 1.25. The Hall–Kier alpha value is -1.91. The maximum absolute atomic E-state index is 5.82. The molecule has 1 fully saturated rings. The van der Waals surface area contributed by atoms with E-state index >= 15 is 0 Å². The van der Waals surface area contributed by atoms with E-state index in [1.165, 1.54) is 5.56 Å². The predicted octanol–water partition coefficient (Wildman–Crippen LogP) is 2.30. The summed E-state index contributed by atoms with van der Waals surface area (Å²) in [6, 6.07) is 12.4. The molecular formula is C17H21N3O. The Kier molecular flexibility index (Phi) is 4.82. The highest BCUT2D eigenvalue weighted by Crippen LogP contribution is 2.08. The number of hydrogen-bond donors (Lipinski definition) is 0. The Morgan fingerprint density at radius 3 is 2.95 bits per heavy atom. The predicted molar refractivity (Wildman–Crippen MR) is 83.9 cm³/mol. The number of rotatable bonds is 5. The second-order valence-corrected chi connectivity index (χ2v) is 5.29. The zero-order valence-electron chi connectivity index (χ0n) is 12.1. The first kappa shape index (κ1) is 14.0. The fourth-order valence-electron chi connectivity index (χ4n) is 2.58. The number of benzene rings is 1. The molecule has 1 atom stereocenters. The van der Waals surface area contributed by atoms with Crippen molar-refractivity contribution in [2.45, 2.75) is 12.6 Å². The van der Waals surface area contributed by atoms with Gasteiger partial charge in [-0.05, 0) is 11.6 Å². The molecule has 1 unspecified atom stereocenters. The van der Waals surface area contributed by atoms with Gasteiger partial charge in [0.2, 0.25) is 0 Å². The number of morpholine rings is 1. The van der Waals surface area contributed by atoms with Gasteiger partial charge in [-0.2, -0.15) is 5.10 Å². The van der Waals surface area contributed by atoms with E-state index in [0.717, 1.165) is 32.8 Å². The number of aromatic nitrogens is 2. The van der Waals surface area contributed by atoms with Gasteiger partial charge in [-0.25, -0.2) is 0 Å². The van der Waals surface area contributed by atoms with E-state index in [1.807, 2.05) is 29.2 Å². The van der Waals surface area contributed by atoms with E-state index in [2.05, 4.69) is 46.4 Å². The highest BCUT2D eigenvalue weighted by Gasteiger charge is 2.19. The van der Waals surface area contributed by atoms with Gasteiger partial charge in [0, 0.05) is 32.0 Å². The van der Waals surface area contributed by atoms with Crippen molar-refractivity contribution >= 4 is 6.08 Å². The molecule has 3 rings (SSSR count). The van der Waals surface area contributed by atoms with Gasteiger partial charge in [0.15, 0.2) is 0 Å². The third kappa shape index (κ3) is 4.28. The van der Waals surface area contributed by atoms with Crippen molar-refractivity contribution in [3.8, 4) is 0 Å². The van der Waals surface area contributed by atoms with Crippen molar-refractivity contribution in [3.05, 3.63) is 60.4 Å². The molecule has 1 aliphatic heterocycles. The van der Waals surface area contributed by atoms with Crippen molar-refractivity contribution in [2.24, 2.45) is 0 Å². The molecule has 0 spiro atoms. The first-order valence-corrected chi connectivity index (χ1v) is 7.43. The maximum atomic E-state index is 5.82. The molecule has 21 heavy (non-hydrogen) atoms. The summed E-state index contributed by atoms with van der Waals surface area (Å²) in [6.45, 7) is 4.54. The minimum atomic E-state index is 0.226. The summed E-state index contributed by atoms with van der Waals surface area (Å²) in [5.74, 6) is 0. The third-order valence-electron chi connectivity index (χ3n) is 3.65. The van der Waals surface area contributed by atoms with Crippen LogP contribution in [0.2, 0.25) is 0 Å². The SMILES string of the molecule is C(=Cc1ccccc1)CN1CCOC(Cn2cccn2)C1. The summed E-state index contributed by atoms with van der Waals surface area (Å²) in [7, 11) is 0. The Bertz CT molecular complexity index is 551. The standard InChI is InChI=1S/C17H21N3O/c1-2-6-16(7-3-1)8-4-10-19-12-13-21-17(14-19)15-20-11-5-9-18-20/h1-9,11,17H,10,12-15H2. The first-order chi connectivity index (χ1) is 10.4. The summed E-state index contributed by atoms with van der Waals surface area (Å²) in [4.78, 5) is 2.43. The second-order valence-electron chi connectivity index (χ2n) is 5.29. The zero-order chi connectivity index (χ0) is 14.3. The number of ether oxygens (including phenoxy) is 1. The Morgan fingerprint density at radius 1 is 1.24 bits per heavy atom. The van der Waals surface area contributed by atoms with Crippen LogP contribution in [0.4, 0.5) is 0 Å². The molecule has 0 radical (unpaired) electrons. The van der Waals surface area contributed by atoms with Gasteiger partial charge in [-0.15, -0.1) is 0 Å². The molecule has 0 saturated carbocycles. The minimum absolute atomic E-state index is 0.226. The molecule has 110 valence electrons. The van der Waals surface area contributed by atoms with Crippen molar-refractivity contribution in [2.75, 3.05) is 26.2 Å².